The van der Waals surface area contributed by atoms with Gasteiger partial charge < -0.3 is 20.3 Å². The Hall–Kier alpha value is -3.10. The van der Waals surface area contributed by atoms with Crippen molar-refractivity contribution >= 4 is 23.8 Å². The summed E-state index contributed by atoms with van der Waals surface area (Å²) in [5.74, 6) is -0.753. The third-order valence-corrected chi connectivity index (χ3v) is 8.03. The van der Waals surface area contributed by atoms with Gasteiger partial charge in [-0.15, -0.1) is 0 Å². The van der Waals surface area contributed by atoms with E-state index in [4.69, 9.17) is 4.74 Å². The van der Waals surface area contributed by atoms with Crippen molar-refractivity contribution in [3.63, 3.8) is 0 Å². The molecule has 1 aromatic carbocycles. The maximum absolute atomic E-state index is 13.7. The molecule has 208 valence electrons. The van der Waals surface area contributed by atoms with E-state index in [2.05, 4.69) is 22.8 Å². The molecule has 2 heterocycles. The molecule has 4 amide bonds. The number of hydrogen-bond donors (Lipinski definition) is 2. The molecule has 0 aromatic heterocycles. The molecule has 9 nitrogen and oxygen atoms in total. The van der Waals surface area contributed by atoms with E-state index < -0.39 is 35.7 Å². The normalized spacial score (nSPS) is 25.9. The van der Waals surface area contributed by atoms with E-state index in [1.54, 1.807) is 32.6 Å². The fraction of sp³-hybridized carbons (Fsp3) is 0.655. The lowest BCUT2D eigenvalue weighted by Crippen LogP contribution is -2.57. The van der Waals surface area contributed by atoms with Gasteiger partial charge in [-0.2, -0.15) is 0 Å². The fourth-order valence-electron chi connectivity index (χ4n) is 5.88. The second kappa shape index (κ2) is 11.3. The van der Waals surface area contributed by atoms with Crippen LogP contribution in [0.3, 0.4) is 0 Å². The number of rotatable bonds is 5. The second-order valence-corrected chi connectivity index (χ2v) is 11.9. The molecule has 0 radical (unpaired) electrons. The summed E-state index contributed by atoms with van der Waals surface area (Å²) in [6, 6.07) is 6.09. The first-order valence-electron chi connectivity index (χ1n) is 13.9. The van der Waals surface area contributed by atoms with Gasteiger partial charge in [0.2, 0.25) is 17.7 Å². The third-order valence-electron chi connectivity index (χ3n) is 8.03. The summed E-state index contributed by atoms with van der Waals surface area (Å²) in [5.41, 5.74) is 1.75. The number of hydrogen-bond acceptors (Lipinski definition) is 5. The Morgan fingerprint density at radius 2 is 1.71 bits per heavy atom. The van der Waals surface area contributed by atoms with Crippen LogP contribution in [0, 0.1) is 0 Å². The van der Waals surface area contributed by atoms with Crippen molar-refractivity contribution in [3.8, 4) is 0 Å². The van der Waals surface area contributed by atoms with Gasteiger partial charge in [-0.3, -0.25) is 19.3 Å². The molecule has 0 saturated carbocycles. The largest absolute Gasteiger partial charge is 0.444 e. The van der Waals surface area contributed by atoms with Crippen molar-refractivity contribution in [1.82, 2.24) is 20.4 Å². The average Bonchev–Trinajstić information content (AvgIpc) is 3.23. The van der Waals surface area contributed by atoms with E-state index in [1.807, 2.05) is 12.1 Å². The number of carbonyl (C=O) groups excluding carboxylic acids is 4. The number of nitrogens with zero attached hydrogens (tertiary/aromatic N) is 2. The van der Waals surface area contributed by atoms with Crippen LogP contribution >= 0.6 is 0 Å². The van der Waals surface area contributed by atoms with E-state index >= 15 is 0 Å². The van der Waals surface area contributed by atoms with Crippen molar-refractivity contribution in [2.75, 3.05) is 7.05 Å². The first-order chi connectivity index (χ1) is 18.0. The molecule has 4 rings (SSSR count). The number of ether oxygens (including phenoxy) is 1. The van der Waals surface area contributed by atoms with E-state index in [0.717, 1.165) is 44.1 Å². The molecule has 2 N–H and O–H groups in total. The van der Waals surface area contributed by atoms with E-state index in [9.17, 15) is 19.2 Å². The van der Waals surface area contributed by atoms with Gasteiger partial charge >= 0.3 is 6.09 Å². The SMILES string of the molecule is C[C@@H](C(=O)N[C@H]1CCC[C@H]2CC[C@@H](C(=O)N[C@H]3CCCc4ccccc43)N2C1=O)N(C)C(=O)OC(C)(C)C. The molecule has 5 atom stereocenters. The van der Waals surface area contributed by atoms with Crippen LogP contribution in [0.25, 0.3) is 0 Å². The molecule has 0 bridgehead atoms. The monoisotopic (exact) mass is 526 g/mol. The maximum atomic E-state index is 13.7. The smallest absolute Gasteiger partial charge is 0.410 e. The topological polar surface area (TPSA) is 108 Å². The van der Waals surface area contributed by atoms with E-state index in [0.29, 0.717) is 12.8 Å². The van der Waals surface area contributed by atoms with Gasteiger partial charge in [0.25, 0.3) is 0 Å². The first kappa shape index (κ1) is 27.9. The van der Waals surface area contributed by atoms with Gasteiger partial charge in [0.1, 0.15) is 23.7 Å². The summed E-state index contributed by atoms with van der Waals surface area (Å²) in [6.45, 7) is 6.90. The number of amides is 4. The third kappa shape index (κ3) is 6.13. The summed E-state index contributed by atoms with van der Waals surface area (Å²) < 4.78 is 5.37. The summed E-state index contributed by atoms with van der Waals surface area (Å²) in [6.07, 6.45) is 5.80. The van der Waals surface area contributed by atoms with Gasteiger partial charge in [-0.1, -0.05) is 24.3 Å². The van der Waals surface area contributed by atoms with Gasteiger partial charge in [0.15, 0.2) is 0 Å². The van der Waals surface area contributed by atoms with Crippen molar-refractivity contribution in [3.05, 3.63) is 35.4 Å². The Labute approximate surface area is 225 Å². The lowest BCUT2D eigenvalue weighted by atomic mass is 9.87. The first-order valence-corrected chi connectivity index (χ1v) is 13.9. The van der Waals surface area contributed by atoms with Crippen LogP contribution in [0.4, 0.5) is 4.79 Å². The lowest BCUT2D eigenvalue weighted by molar-refractivity contribution is -0.143. The summed E-state index contributed by atoms with van der Waals surface area (Å²) in [7, 11) is 1.51. The lowest BCUT2D eigenvalue weighted by Gasteiger charge is -2.33. The van der Waals surface area contributed by atoms with Crippen LogP contribution in [-0.2, 0) is 25.5 Å². The molecule has 2 aliphatic heterocycles. The molecule has 0 spiro atoms. The van der Waals surface area contributed by atoms with Gasteiger partial charge in [0, 0.05) is 13.1 Å². The zero-order valence-corrected chi connectivity index (χ0v) is 23.3. The Kier molecular flexibility index (Phi) is 8.33. The molecule has 2 fully saturated rings. The number of carbonyl (C=O) groups is 4. The maximum Gasteiger partial charge on any atom is 0.410 e. The molecular formula is C29H42N4O5. The number of aryl methyl sites for hydroxylation is 1. The minimum atomic E-state index is -0.819. The minimum absolute atomic E-state index is 0.000606. The van der Waals surface area contributed by atoms with Crippen molar-refractivity contribution in [2.24, 2.45) is 0 Å². The number of nitrogens with one attached hydrogen (secondary N) is 2. The molecule has 3 aliphatic rings. The minimum Gasteiger partial charge on any atom is -0.444 e. The highest BCUT2D eigenvalue weighted by molar-refractivity contribution is 5.94. The summed E-state index contributed by atoms with van der Waals surface area (Å²) >= 11 is 0. The Morgan fingerprint density at radius 1 is 1.00 bits per heavy atom. The number of likely N-dealkylation sites (N-methyl/N-ethyl adjacent to an activating group) is 1. The molecule has 2 saturated heterocycles. The molecule has 0 unspecified atom stereocenters. The van der Waals surface area contributed by atoms with Gasteiger partial charge in [-0.05, 0) is 90.2 Å². The fourth-order valence-corrected chi connectivity index (χ4v) is 5.88. The standard InChI is InChI=1S/C29H42N4O5/c1-18(32(5)28(37)38-29(2,3)4)25(34)31-23-15-9-12-20-16-17-24(33(20)27(23)36)26(35)30-22-14-8-11-19-10-6-7-13-21(19)22/h6-7,10,13,18,20,22-24H,8-9,11-12,14-17H2,1-5H3,(H,30,35)(H,31,34)/t18-,20-,22-,23-,24-/m0/s1. The molecular weight excluding hydrogens is 484 g/mol. The van der Waals surface area contributed by atoms with Crippen LogP contribution in [0.2, 0.25) is 0 Å². The molecule has 1 aliphatic carbocycles. The van der Waals surface area contributed by atoms with Gasteiger partial charge in [0.05, 0.1) is 6.04 Å². The predicted molar refractivity (Wildman–Crippen MR) is 143 cm³/mol. The van der Waals surface area contributed by atoms with Crippen molar-refractivity contribution in [1.29, 1.82) is 0 Å². The van der Waals surface area contributed by atoms with Gasteiger partial charge in [-0.25, -0.2) is 4.79 Å². The van der Waals surface area contributed by atoms with Crippen molar-refractivity contribution in [2.45, 2.75) is 115 Å². The Morgan fingerprint density at radius 3 is 2.45 bits per heavy atom. The zero-order chi connectivity index (χ0) is 27.6. The van der Waals surface area contributed by atoms with Crippen LogP contribution < -0.4 is 10.6 Å². The Balaban J connectivity index is 1.42. The molecule has 1 aromatic rings. The zero-order valence-electron chi connectivity index (χ0n) is 23.3. The quantitative estimate of drug-likeness (QED) is 0.611. The highest BCUT2D eigenvalue weighted by Crippen LogP contribution is 2.34. The van der Waals surface area contributed by atoms with E-state index in [-0.39, 0.29) is 23.9 Å². The highest BCUT2D eigenvalue weighted by atomic mass is 16.6. The predicted octanol–water partition coefficient (Wildman–Crippen LogP) is 3.46. The second-order valence-electron chi connectivity index (χ2n) is 11.9. The average molecular weight is 527 g/mol. The van der Waals surface area contributed by atoms with E-state index in [1.165, 1.54) is 17.5 Å². The van der Waals surface area contributed by atoms with Crippen LogP contribution in [0.5, 0.6) is 0 Å². The molecule has 38 heavy (non-hydrogen) atoms. The number of benzene rings is 1. The Bertz CT molecular complexity index is 1070. The van der Waals surface area contributed by atoms with Crippen molar-refractivity contribution < 1.29 is 23.9 Å². The summed E-state index contributed by atoms with van der Waals surface area (Å²) in [5, 5.41) is 6.09. The number of fused-ring (bicyclic) bond motifs is 2. The van der Waals surface area contributed by atoms with Crippen LogP contribution in [0.1, 0.15) is 89.8 Å². The molecule has 9 heteroatoms. The van der Waals surface area contributed by atoms with Crippen LogP contribution in [0.15, 0.2) is 24.3 Å². The highest BCUT2D eigenvalue weighted by Gasteiger charge is 2.45. The summed E-state index contributed by atoms with van der Waals surface area (Å²) in [4.78, 5) is 55.7. The van der Waals surface area contributed by atoms with Crippen LogP contribution in [-0.4, -0.2) is 70.4 Å².